The molecule has 0 spiro atoms. The Morgan fingerprint density at radius 2 is 1.90 bits per heavy atom. The molecule has 6 heteroatoms. The lowest BCUT2D eigenvalue weighted by Gasteiger charge is -2.21. The van der Waals surface area contributed by atoms with Crippen LogP contribution in [-0.2, 0) is 4.74 Å². The number of esters is 1. The van der Waals surface area contributed by atoms with Crippen LogP contribution in [0.5, 0.6) is 0 Å². The van der Waals surface area contributed by atoms with Crippen molar-refractivity contribution in [3.8, 4) is 5.69 Å². The van der Waals surface area contributed by atoms with Crippen molar-refractivity contribution in [3.63, 3.8) is 0 Å². The lowest BCUT2D eigenvalue weighted by Crippen LogP contribution is -2.21. The van der Waals surface area contributed by atoms with Gasteiger partial charge in [-0.3, -0.25) is 0 Å². The summed E-state index contributed by atoms with van der Waals surface area (Å²) in [7, 11) is 1.32. The van der Waals surface area contributed by atoms with Crippen LogP contribution in [0.15, 0.2) is 30.5 Å². The highest BCUT2D eigenvalue weighted by Gasteiger charge is 2.16. The van der Waals surface area contributed by atoms with E-state index in [0.717, 1.165) is 24.5 Å². The van der Waals surface area contributed by atoms with Gasteiger partial charge < -0.3 is 15.4 Å². The Labute approximate surface area is 124 Å². The number of methoxy groups -OCH3 is 1. The molecule has 0 saturated carbocycles. The normalized spacial score (nSPS) is 10.4. The molecule has 0 aliphatic carbocycles. The van der Waals surface area contributed by atoms with Crippen LogP contribution < -0.4 is 10.6 Å². The summed E-state index contributed by atoms with van der Waals surface area (Å²) in [4.78, 5) is 13.8. The van der Waals surface area contributed by atoms with E-state index in [1.165, 1.54) is 18.0 Å². The summed E-state index contributed by atoms with van der Waals surface area (Å²) in [6.07, 6.45) is 1.42. The third-order valence-electron chi connectivity index (χ3n) is 3.43. The SMILES string of the molecule is CCN(CC)c1ccc(-n2ncc(C(=O)OC)c2N)cc1. The highest BCUT2D eigenvalue weighted by Crippen LogP contribution is 2.21. The van der Waals surface area contributed by atoms with Gasteiger partial charge >= 0.3 is 5.97 Å². The molecule has 112 valence electrons. The maximum absolute atomic E-state index is 11.5. The zero-order valence-electron chi connectivity index (χ0n) is 12.5. The average molecular weight is 288 g/mol. The molecule has 2 rings (SSSR count). The molecule has 0 saturated heterocycles. The molecule has 1 heterocycles. The van der Waals surface area contributed by atoms with Crippen molar-refractivity contribution in [2.45, 2.75) is 13.8 Å². The standard InChI is InChI=1S/C15H20N4O2/c1-4-18(5-2)11-6-8-12(9-7-11)19-14(16)13(10-17-19)15(20)21-3/h6-10H,4-5,16H2,1-3H3. The van der Waals surface area contributed by atoms with Gasteiger partial charge in [0.1, 0.15) is 11.4 Å². The Morgan fingerprint density at radius 3 is 2.43 bits per heavy atom. The zero-order chi connectivity index (χ0) is 15.4. The summed E-state index contributed by atoms with van der Waals surface area (Å²) in [6, 6.07) is 7.89. The second-order valence-corrected chi connectivity index (χ2v) is 4.54. The molecule has 21 heavy (non-hydrogen) atoms. The van der Waals surface area contributed by atoms with Gasteiger partial charge in [-0.1, -0.05) is 0 Å². The van der Waals surface area contributed by atoms with Crippen LogP contribution in [0.3, 0.4) is 0 Å². The first-order chi connectivity index (χ1) is 10.1. The van der Waals surface area contributed by atoms with Gasteiger partial charge in [0.2, 0.25) is 0 Å². The Bertz CT molecular complexity index is 615. The summed E-state index contributed by atoms with van der Waals surface area (Å²) >= 11 is 0. The smallest absolute Gasteiger partial charge is 0.343 e. The minimum atomic E-state index is -0.487. The summed E-state index contributed by atoms with van der Waals surface area (Å²) in [5, 5.41) is 4.15. The van der Waals surface area contributed by atoms with Gasteiger partial charge in [-0.2, -0.15) is 5.10 Å². The van der Waals surface area contributed by atoms with Crippen molar-refractivity contribution >= 4 is 17.5 Å². The van der Waals surface area contributed by atoms with Gasteiger partial charge in [0.15, 0.2) is 0 Å². The maximum Gasteiger partial charge on any atom is 0.343 e. The number of benzene rings is 1. The summed E-state index contributed by atoms with van der Waals surface area (Å²) in [6.45, 7) is 6.13. The molecule has 6 nitrogen and oxygen atoms in total. The van der Waals surface area contributed by atoms with Crippen LogP contribution in [0.2, 0.25) is 0 Å². The quantitative estimate of drug-likeness (QED) is 0.853. The Balaban J connectivity index is 2.31. The molecule has 1 aromatic heterocycles. The van der Waals surface area contributed by atoms with Crippen molar-refractivity contribution in [1.82, 2.24) is 9.78 Å². The van der Waals surface area contributed by atoms with Crippen molar-refractivity contribution in [3.05, 3.63) is 36.0 Å². The fourth-order valence-corrected chi connectivity index (χ4v) is 2.22. The van der Waals surface area contributed by atoms with Gasteiger partial charge in [0.05, 0.1) is 19.0 Å². The van der Waals surface area contributed by atoms with E-state index in [4.69, 9.17) is 5.73 Å². The van der Waals surface area contributed by atoms with Crippen LogP contribution in [0, 0.1) is 0 Å². The number of hydrogen-bond donors (Lipinski definition) is 1. The molecule has 1 aromatic carbocycles. The first-order valence-corrected chi connectivity index (χ1v) is 6.89. The zero-order valence-corrected chi connectivity index (χ0v) is 12.5. The number of carbonyl (C=O) groups is 1. The third-order valence-corrected chi connectivity index (χ3v) is 3.43. The molecule has 0 amide bonds. The second kappa shape index (κ2) is 6.30. The number of ether oxygens (including phenoxy) is 1. The number of rotatable bonds is 5. The van der Waals surface area contributed by atoms with E-state index in [1.807, 2.05) is 24.3 Å². The monoisotopic (exact) mass is 288 g/mol. The summed E-state index contributed by atoms with van der Waals surface area (Å²) in [5.41, 5.74) is 8.17. The number of aromatic nitrogens is 2. The van der Waals surface area contributed by atoms with E-state index < -0.39 is 5.97 Å². The van der Waals surface area contributed by atoms with Gasteiger partial charge in [-0.05, 0) is 38.1 Å². The molecule has 0 radical (unpaired) electrons. The predicted octanol–water partition coefficient (Wildman–Crippen LogP) is 2.09. The second-order valence-electron chi connectivity index (χ2n) is 4.54. The van der Waals surface area contributed by atoms with Crippen LogP contribution >= 0.6 is 0 Å². The van der Waals surface area contributed by atoms with E-state index in [9.17, 15) is 4.79 Å². The van der Waals surface area contributed by atoms with Gasteiger partial charge in [0, 0.05) is 18.8 Å². The summed E-state index contributed by atoms with van der Waals surface area (Å²) < 4.78 is 6.19. The highest BCUT2D eigenvalue weighted by molar-refractivity contribution is 5.94. The topological polar surface area (TPSA) is 73.4 Å². The first-order valence-electron chi connectivity index (χ1n) is 6.89. The van der Waals surface area contributed by atoms with Crippen LogP contribution in [0.4, 0.5) is 11.5 Å². The number of nitrogens with zero attached hydrogens (tertiary/aromatic N) is 3. The lowest BCUT2D eigenvalue weighted by molar-refractivity contribution is 0.0602. The number of carbonyl (C=O) groups excluding carboxylic acids is 1. The number of nitrogens with two attached hydrogens (primary N) is 1. The van der Waals surface area contributed by atoms with Gasteiger partial charge in [-0.25, -0.2) is 9.48 Å². The minimum absolute atomic E-state index is 0.269. The Morgan fingerprint density at radius 1 is 1.29 bits per heavy atom. The Kier molecular flexibility index (Phi) is 4.47. The van der Waals surface area contributed by atoms with E-state index in [2.05, 4.69) is 28.6 Å². The number of nitrogen functional groups attached to an aromatic ring is 1. The van der Waals surface area contributed by atoms with Crippen molar-refractivity contribution in [1.29, 1.82) is 0 Å². The highest BCUT2D eigenvalue weighted by atomic mass is 16.5. The molecule has 2 N–H and O–H groups in total. The third kappa shape index (κ3) is 2.84. The predicted molar refractivity (Wildman–Crippen MR) is 82.9 cm³/mol. The fourth-order valence-electron chi connectivity index (χ4n) is 2.22. The van der Waals surface area contributed by atoms with Crippen LogP contribution in [0.1, 0.15) is 24.2 Å². The number of hydrogen-bond acceptors (Lipinski definition) is 5. The minimum Gasteiger partial charge on any atom is -0.465 e. The average Bonchev–Trinajstić information content (AvgIpc) is 2.90. The van der Waals surface area contributed by atoms with Crippen LogP contribution in [0.25, 0.3) is 5.69 Å². The van der Waals surface area contributed by atoms with E-state index in [-0.39, 0.29) is 11.4 Å². The lowest BCUT2D eigenvalue weighted by atomic mass is 10.2. The molecule has 0 unspecified atom stereocenters. The maximum atomic E-state index is 11.5. The molecular weight excluding hydrogens is 268 g/mol. The Hall–Kier alpha value is -2.50. The fraction of sp³-hybridized carbons (Fsp3) is 0.333. The van der Waals surface area contributed by atoms with E-state index in [1.54, 1.807) is 0 Å². The van der Waals surface area contributed by atoms with Gasteiger partial charge in [-0.15, -0.1) is 0 Å². The van der Waals surface area contributed by atoms with E-state index in [0.29, 0.717) is 0 Å². The molecule has 0 fully saturated rings. The summed E-state index contributed by atoms with van der Waals surface area (Å²) in [5.74, 6) is -0.212. The molecule has 0 aliphatic heterocycles. The molecule has 0 atom stereocenters. The first kappa shape index (κ1) is 14.9. The molecule has 0 aliphatic rings. The van der Waals surface area contributed by atoms with Gasteiger partial charge in [0.25, 0.3) is 0 Å². The largest absolute Gasteiger partial charge is 0.465 e. The number of anilines is 2. The van der Waals surface area contributed by atoms with Crippen molar-refractivity contribution < 1.29 is 9.53 Å². The molecular formula is C15H20N4O2. The van der Waals surface area contributed by atoms with Crippen molar-refractivity contribution in [2.75, 3.05) is 30.8 Å². The molecule has 2 aromatic rings. The van der Waals surface area contributed by atoms with E-state index >= 15 is 0 Å². The van der Waals surface area contributed by atoms with Crippen LogP contribution in [-0.4, -0.2) is 35.9 Å². The molecule has 0 bridgehead atoms. The van der Waals surface area contributed by atoms with Crippen molar-refractivity contribution in [2.24, 2.45) is 0 Å².